The molecule has 0 aromatic heterocycles. The summed E-state index contributed by atoms with van der Waals surface area (Å²) < 4.78 is 5.44. The first-order valence-electron chi connectivity index (χ1n) is 22.5. The molecule has 0 aromatic rings. The molecule has 2 atom stereocenters. The van der Waals surface area contributed by atoms with Crippen molar-refractivity contribution in [2.24, 2.45) is 0 Å². The van der Waals surface area contributed by atoms with Crippen LogP contribution >= 0.6 is 0 Å². The summed E-state index contributed by atoms with van der Waals surface area (Å²) in [6.45, 7) is 4.81. The fourth-order valence-electron chi connectivity index (χ4n) is 6.81. The lowest BCUT2D eigenvalue weighted by atomic mass is 10.0. The molecular formula is C45H87NO5. The number of ether oxygens (including phenoxy) is 1. The highest BCUT2D eigenvalue weighted by Gasteiger charge is 2.18. The molecule has 0 bridgehead atoms. The molecule has 0 radical (unpaired) electrons. The van der Waals surface area contributed by atoms with Gasteiger partial charge in [0.15, 0.2) is 0 Å². The number of nitrogens with one attached hydrogen (secondary N) is 1. The smallest absolute Gasteiger partial charge is 0.305 e. The number of amides is 1. The average molecular weight is 722 g/mol. The van der Waals surface area contributed by atoms with E-state index in [2.05, 4.69) is 19.2 Å². The number of hydrogen-bond donors (Lipinski definition) is 3. The maximum atomic E-state index is 12.3. The molecule has 302 valence electrons. The highest BCUT2D eigenvalue weighted by molar-refractivity contribution is 5.76. The molecule has 0 rings (SSSR count). The number of hydrogen-bond acceptors (Lipinski definition) is 5. The molecule has 0 aliphatic carbocycles. The van der Waals surface area contributed by atoms with Crippen LogP contribution in [0, 0.1) is 0 Å². The van der Waals surface area contributed by atoms with Gasteiger partial charge in [0.05, 0.1) is 25.4 Å². The Hall–Kier alpha value is -1.40. The van der Waals surface area contributed by atoms with Crippen molar-refractivity contribution < 1.29 is 24.5 Å². The zero-order valence-electron chi connectivity index (χ0n) is 34.1. The summed E-state index contributed by atoms with van der Waals surface area (Å²) in [6, 6.07) is -0.644. The van der Waals surface area contributed by atoms with Gasteiger partial charge in [0.2, 0.25) is 5.91 Å². The van der Waals surface area contributed by atoms with Gasteiger partial charge in [-0.2, -0.15) is 0 Å². The summed E-state index contributed by atoms with van der Waals surface area (Å²) in [4.78, 5) is 24.3. The van der Waals surface area contributed by atoms with Crippen LogP contribution in [0.3, 0.4) is 0 Å². The monoisotopic (exact) mass is 722 g/mol. The van der Waals surface area contributed by atoms with E-state index in [1.165, 1.54) is 154 Å². The number of allylic oxidation sites excluding steroid dienone is 1. The summed E-state index contributed by atoms with van der Waals surface area (Å²) in [5, 5.41) is 22.9. The summed E-state index contributed by atoms with van der Waals surface area (Å²) in [7, 11) is 0. The Labute approximate surface area is 317 Å². The van der Waals surface area contributed by atoms with Crippen LogP contribution in [0.2, 0.25) is 0 Å². The fourth-order valence-corrected chi connectivity index (χ4v) is 6.81. The molecule has 51 heavy (non-hydrogen) atoms. The average Bonchev–Trinajstić information content (AvgIpc) is 3.13. The predicted octanol–water partition coefficient (Wildman–Crippen LogP) is 12.6. The minimum absolute atomic E-state index is 0.0254. The molecule has 0 saturated heterocycles. The Morgan fingerprint density at radius 2 is 0.902 bits per heavy atom. The van der Waals surface area contributed by atoms with E-state index in [-0.39, 0.29) is 18.5 Å². The Morgan fingerprint density at radius 1 is 0.529 bits per heavy atom. The van der Waals surface area contributed by atoms with Crippen molar-refractivity contribution in [2.45, 2.75) is 251 Å². The zero-order chi connectivity index (χ0) is 37.3. The minimum Gasteiger partial charge on any atom is -0.466 e. The number of esters is 1. The molecule has 1 amide bonds. The first kappa shape index (κ1) is 49.6. The second-order valence-corrected chi connectivity index (χ2v) is 15.4. The third-order valence-corrected chi connectivity index (χ3v) is 10.3. The predicted molar refractivity (Wildman–Crippen MR) is 218 cm³/mol. The largest absolute Gasteiger partial charge is 0.466 e. The number of aliphatic hydroxyl groups is 2. The Balaban J connectivity index is 3.49. The molecule has 0 heterocycles. The normalized spacial score (nSPS) is 12.8. The summed E-state index contributed by atoms with van der Waals surface area (Å²) in [6.07, 6.45) is 44.8. The summed E-state index contributed by atoms with van der Waals surface area (Å²) in [5.74, 6) is -0.122. The van der Waals surface area contributed by atoms with Gasteiger partial charge in [-0.15, -0.1) is 0 Å². The first-order valence-corrected chi connectivity index (χ1v) is 22.5. The van der Waals surface area contributed by atoms with Crippen molar-refractivity contribution >= 4 is 11.9 Å². The third-order valence-electron chi connectivity index (χ3n) is 10.3. The van der Waals surface area contributed by atoms with Crippen molar-refractivity contribution in [3.8, 4) is 0 Å². The lowest BCUT2D eigenvalue weighted by molar-refractivity contribution is -0.143. The van der Waals surface area contributed by atoms with Crippen molar-refractivity contribution in [3.05, 3.63) is 12.2 Å². The zero-order valence-corrected chi connectivity index (χ0v) is 34.1. The Kier molecular flexibility index (Phi) is 40.2. The van der Waals surface area contributed by atoms with Crippen molar-refractivity contribution in [3.63, 3.8) is 0 Å². The molecule has 2 unspecified atom stereocenters. The summed E-state index contributed by atoms with van der Waals surface area (Å²) >= 11 is 0. The van der Waals surface area contributed by atoms with Crippen LogP contribution < -0.4 is 5.32 Å². The Morgan fingerprint density at radius 3 is 1.33 bits per heavy atom. The topological polar surface area (TPSA) is 95.9 Å². The van der Waals surface area contributed by atoms with Crippen molar-refractivity contribution in [2.75, 3.05) is 13.2 Å². The van der Waals surface area contributed by atoms with Crippen LogP contribution in [0.5, 0.6) is 0 Å². The second-order valence-electron chi connectivity index (χ2n) is 15.4. The van der Waals surface area contributed by atoms with Crippen LogP contribution in [-0.4, -0.2) is 47.4 Å². The van der Waals surface area contributed by atoms with Gasteiger partial charge in [0, 0.05) is 12.8 Å². The van der Waals surface area contributed by atoms with Gasteiger partial charge >= 0.3 is 5.97 Å². The van der Waals surface area contributed by atoms with E-state index < -0.39 is 12.1 Å². The number of rotatable bonds is 41. The SMILES string of the molecule is CCCCCCCCCC/C=C/C(O)C(CO)NC(=O)CCCCCCCCCCCOC(=O)CCCCCCCCCCCCCCCCC. The van der Waals surface area contributed by atoms with E-state index in [1.54, 1.807) is 6.08 Å². The highest BCUT2D eigenvalue weighted by atomic mass is 16.5. The quantitative estimate of drug-likeness (QED) is 0.0332. The molecule has 3 N–H and O–H groups in total. The van der Waals surface area contributed by atoms with Crippen LogP contribution in [0.25, 0.3) is 0 Å². The number of carbonyl (C=O) groups excluding carboxylic acids is 2. The number of carbonyl (C=O) groups is 2. The van der Waals surface area contributed by atoms with Crippen LogP contribution in [0.4, 0.5) is 0 Å². The van der Waals surface area contributed by atoms with E-state index in [4.69, 9.17) is 4.74 Å². The highest BCUT2D eigenvalue weighted by Crippen LogP contribution is 2.15. The third kappa shape index (κ3) is 38.1. The molecule has 6 nitrogen and oxygen atoms in total. The lowest BCUT2D eigenvalue weighted by Gasteiger charge is -2.20. The molecule has 0 saturated carbocycles. The molecule has 0 aliphatic heterocycles. The van der Waals surface area contributed by atoms with Gasteiger partial charge in [-0.1, -0.05) is 206 Å². The molecule has 0 aliphatic rings. The molecule has 0 fully saturated rings. The summed E-state index contributed by atoms with van der Waals surface area (Å²) in [5.41, 5.74) is 0. The van der Waals surface area contributed by atoms with Crippen LogP contribution in [0.15, 0.2) is 12.2 Å². The maximum Gasteiger partial charge on any atom is 0.305 e. The molecular weight excluding hydrogens is 634 g/mol. The standard InChI is InChI=1S/C45H87NO5/c1-3-5-7-9-11-13-15-16-17-18-19-23-27-31-35-39-45(50)51-40-36-32-28-24-20-22-26-30-34-38-44(49)46-42(41-47)43(48)37-33-29-25-21-14-12-10-8-6-4-2/h33,37,42-43,47-48H,3-32,34-36,38-41H2,1-2H3,(H,46,49)/b37-33+. The van der Waals surface area contributed by atoms with E-state index in [1.807, 2.05) is 6.08 Å². The van der Waals surface area contributed by atoms with E-state index in [0.29, 0.717) is 19.4 Å². The minimum atomic E-state index is -0.858. The van der Waals surface area contributed by atoms with Crippen molar-refractivity contribution in [1.82, 2.24) is 5.32 Å². The van der Waals surface area contributed by atoms with Gasteiger partial charge in [0.1, 0.15) is 0 Å². The van der Waals surface area contributed by atoms with Gasteiger partial charge in [-0.05, 0) is 32.1 Å². The van der Waals surface area contributed by atoms with Crippen LogP contribution in [0.1, 0.15) is 239 Å². The number of unbranched alkanes of at least 4 members (excludes halogenated alkanes) is 30. The van der Waals surface area contributed by atoms with E-state index in [9.17, 15) is 19.8 Å². The Bertz CT molecular complexity index is 757. The van der Waals surface area contributed by atoms with Gasteiger partial charge < -0.3 is 20.3 Å². The van der Waals surface area contributed by atoms with Crippen LogP contribution in [-0.2, 0) is 14.3 Å². The first-order chi connectivity index (χ1) is 25.0. The van der Waals surface area contributed by atoms with E-state index >= 15 is 0 Å². The van der Waals surface area contributed by atoms with Gasteiger partial charge in [0.25, 0.3) is 0 Å². The number of aliphatic hydroxyl groups excluding tert-OH is 2. The molecule has 0 spiro atoms. The molecule has 6 heteroatoms. The fraction of sp³-hybridized carbons (Fsp3) is 0.911. The van der Waals surface area contributed by atoms with Gasteiger partial charge in [-0.3, -0.25) is 9.59 Å². The molecule has 0 aromatic carbocycles. The van der Waals surface area contributed by atoms with Gasteiger partial charge in [-0.25, -0.2) is 0 Å². The van der Waals surface area contributed by atoms with E-state index in [0.717, 1.165) is 57.8 Å². The lowest BCUT2D eigenvalue weighted by Crippen LogP contribution is -2.45. The second kappa shape index (κ2) is 41.4. The maximum absolute atomic E-state index is 12.3. The van der Waals surface area contributed by atoms with Crippen molar-refractivity contribution in [1.29, 1.82) is 0 Å².